The second-order valence-electron chi connectivity index (χ2n) is 5.47. The van der Waals surface area contributed by atoms with Crippen molar-refractivity contribution in [3.63, 3.8) is 0 Å². The SMILES string of the molecule is CCN(C)C(=O)CNc1ccc2c(c1)Cc1ccccc1-2. The Morgan fingerprint density at radius 2 is 1.90 bits per heavy atom. The smallest absolute Gasteiger partial charge is 0.241 e. The monoisotopic (exact) mass is 280 g/mol. The van der Waals surface area contributed by atoms with Crippen LogP contribution in [0.5, 0.6) is 0 Å². The molecule has 1 aliphatic rings. The first kappa shape index (κ1) is 13.7. The van der Waals surface area contributed by atoms with Crippen molar-refractivity contribution in [2.24, 2.45) is 0 Å². The van der Waals surface area contributed by atoms with Gasteiger partial charge in [-0.3, -0.25) is 4.79 Å². The first-order valence-electron chi connectivity index (χ1n) is 7.38. The molecule has 2 aromatic rings. The van der Waals surface area contributed by atoms with Crippen LogP contribution in [-0.2, 0) is 11.2 Å². The molecule has 0 spiro atoms. The molecule has 21 heavy (non-hydrogen) atoms. The van der Waals surface area contributed by atoms with Crippen LogP contribution in [0.2, 0.25) is 0 Å². The summed E-state index contributed by atoms with van der Waals surface area (Å²) in [6.07, 6.45) is 0.976. The van der Waals surface area contributed by atoms with E-state index in [1.54, 1.807) is 4.90 Å². The van der Waals surface area contributed by atoms with Crippen molar-refractivity contribution >= 4 is 11.6 Å². The van der Waals surface area contributed by atoms with Gasteiger partial charge in [-0.25, -0.2) is 0 Å². The summed E-state index contributed by atoms with van der Waals surface area (Å²) in [5.74, 6) is 0.112. The van der Waals surface area contributed by atoms with Crippen LogP contribution >= 0.6 is 0 Å². The van der Waals surface area contributed by atoms with Gasteiger partial charge >= 0.3 is 0 Å². The summed E-state index contributed by atoms with van der Waals surface area (Å²) in [5, 5.41) is 3.22. The van der Waals surface area contributed by atoms with Crippen LogP contribution in [0.25, 0.3) is 11.1 Å². The van der Waals surface area contributed by atoms with E-state index < -0.39 is 0 Å². The van der Waals surface area contributed by atoms with Crippen LogP contribution in [0.4, 0.5) is 5.69 Å². The van der Waals surface area contributed by atoms with E-state index in [4.69, 9.17) is 0 Å². The quantitative estimate of drug-likeness (QED) is 0.796. The maximum atomic E-state index is 11.8. The van der Waals surface area contributed by atoms with Crippen LogP contribution in [0.15, 0.2) is 42.5 Å². The number of amides is 1. The van der Waals surface area contributed by atoms with Gasteiger partial charge in [-0.1, -0.05) is 30.3 Å². The molecule has 0 heterocycles. The van der Waals surface area contributed by atoms with E-state index in [2.05, 4.69) is 47.8 Å². The normalized spacial score (nSPS) is 11.7. The fraction of sp³-hybridized carbons (Fsp3) is 0.278. The highest BCUT2D eigenvalue weighted by atomic mass is 16.2. The van der Waals surface area contributed by atoms with E-state index >= 15 is 0 Å². The third-order valence-corrected chi connectivity index (χ3v) is 4.14. The maximum absolute atomic E-state index is 11.8. The van der Waals surface area contributed by atoms with Crippen LogP contribution in [0.3, 0.4) is 0 Å². The number of rotatable bonds is 4. The lowest BCUT2D eigenvalue weighted by molar-refractivity contribution is -0.127. The second-order valence-corrected chi connectivity index (χ2v) is 5.47. The third-order valence-electron chi connectivity index (χ3n) is 4.14. The van der Waals surface area contributed by atoms with Crippen molar-refractivity contribution in [3.05, 3.63) is 53.6 Å². The summed E-state index contributed by atoms with van der Waals surface area (Å²) in [4.78, 5) is 13.5. The van der Waals surface area contributed by atoms with Crippen LogP contribution in [-0.4, -0.2) is 30.9 Å². The predicted octanol–water partition coefficient (Wildman–Crippen LogP) is 3.15. The lowest BCUT2D eigenvalue weighted by atomic mass is 10.1. The van der Waals surface area contributed by atoms with Gasteiger partial charge in [0.2, 0.25) is 5.91 Å². The number of likely N-dealkylation sites (N-methyl/N-ethyl adjacent to an activating group) is 1. The molecule has 3 rings (SSSR count). The zero-order chi connectivity index (χ0) is 14.8. The first-order valence-corrected chi connectivity index (χ1v) is 7.38. The van der Waals surface area contributed by atoms with Crippen LogP contribution in [0.1, 0.15) is 18.1 Å². The Balaban J connectivity index is 1.74. The summed E-state index contributed by atoms with van der Waals surface area (Å²) >= 11 is 0. The molecule has 3 nitrogen and oxygen atoms in total. The van der Waals surface area contributed by atoms with Gasteiger partial charge in [-0.15, -0.1) is 0 Å². The topological polar surface area (TPSA) is 32.3 Å². The maximum Gasteiger partial charge on any atom is 0.241 e. The average Bonchev–Trinajstić information content (AvgIpc) is 2.89. The van der Waals surface area contributed by atoms with Gasteiger partial charge in [0.15, 0.2) is 0 Å². The Morgan fingerprint density at radius 3 is 2.71 bits per heavy atom. The fourth-order valence-electron chi connectivity index (χ4n) is 2.74. The molecule has 1 amide bonds. The molecule has 0 aliphatic heterocycles. The molecule has 0 aromatic heterocycles. The zero-order valence-corrected chi connectivity index (χ0v) is 12.5. The van der Waals surface area contributed by atoms with E-state index in [1.165, 1.54) is 22.3 Å². The minimum absolute atomic E-state index is 0.112. The third kappa shape index (κ3) is 2.64. The van der Waals surface area contributed by atoms with Crippen molar-refractivity contribution in [3.8, 4) is 11.1 Å². The summed E-state index contributed by atoms with van der Waals surface area (Å²) in [6, 6.07) is 14.9. The largest absolute Gasteiger partial charge is 0.376 e. The van der Waals surface area contributed by atoms with Gasteiger partial charge in [0.25, 0.3) is 0 Å². The molecule has 1 aliphatic carbocycles. The molecule has 0 unspecified atom stereocenters. The fourth-order valence-corrected chi connectivity index (χ4v) is 2.74. The highest BCUT2D eigenvalue weighted by molar-refractivity contribution is 5.82. The highest BCUT2D eigenvalue weighted by Crippen LogP contribution is 2.37. The number of nitrogens with zero attached hydrogens (tertiary/aromatic N) is 1. The van der Waals surface area contributed by atoms with Crippen molar-refractivity contribution in [1.82, 2.24) is 4.90 Å². The minimum Gasteiger partial charge on any atom is -0.376 e. The first-order chi connectivity index (χ1) is 10.2. The molecule has 0 saturated heterocycles. The lowest BCUT2D eigenvalue weighted by Crippen LogP contribution is -2.31. The number of fused-ring (bicyclic) bond motifs is 3. The van der Waals surface area contributed by atoms with Crippen molar-refractivity contribution < 1.29 is 4.79 Å². The van der Waals surface area contributed by atoms with Crippen LogP contribution in [0, 0.1) is 0 Å². The Morgan fingerprint density at radius 1 is 1.14 bits per heavy atom. The molecule has 0 bridgehead atoms. The molecule has 2 aromatic carbocycles. The molecule has 108 valence electrons. The molecule has 0 atom stereocenters. The van der Waals surface area contributed by atoms with Gasteiger partial charge in [0.05, 0.1) is 6.54 Å². The standard InChI is InChI=1S/C18H20N2O/c1-3-20(2)18(21)12-19-15-8-9-17-14(11-15)10-13-6-4-5-7-16(13)17/h4-9,11,19H,3,10,12H2,1-2H3. The summed E-state index contributed by atoms with van der Waals surface area (Å²) in [7, 11) is 1.82. The second kappa shape index (κ2) is 5.60. The average molecular weight is 280 g/mol. The predicted molar refractivity (Wildman–Crippen MR) is 86.5 cm³/mol. The van der Waals surface area contributed by atoms with Gasteiger partial charge in [0, 0.05) is 19.3 Å². The summed E-state index contributed by atoms with van der Waals surface area (Å²) < 4.78 is 0. The minimum atomic E-state index is 0.112. The van der Waals surface area contributed by atoms with Gasteiger partial charge in [-0.2, -0.15) is 0 Å². The molecular formula is C18H20N2O. The number of benzene rings is 2. The molecule has 3 heteroatoms. The molecular weight excluding hydrogens is 260 g/mol. The van der Waals surface area contributed by atoms with E-state index in [0.717, 1.165) is 18.7 Å². The number of hydrogen-bond acceptors (Lipinski definition) is 2. The summed E-state index contributed by atoms with van der Waals surface area (Å²) in [6.45, 7) is 3.06. The Hall–Kier alpha value is -2.29. The van der Waals surface area contributed by atoms with E-state index in [-0.39, 0.29) is 5.91 Å². The van der Waals surface area contributed by atoms with Crippen molar-refractivity contribution in [1.29, 1.82) is 0 Å². The number of anilines is 1. The number of carbonyl (C=O) groups excluding carboxylic acids is 1. The molecule has 0 saturated carbocycles. The zero-order valence-electron chi connectivity index (χ0n) is 12.5. The van der Waals surface area contributed by atoms with Crippen molar-refractivity contribution in [2.45, 2.75) is 13.3 Å². The highest BCUT2D eigenvalue weighted by Gasteiger charge is 2.17. The van der Waals surface area contributed by atoms with Gasteiger partial charge in [-0.05, 0) is 47.7 Å². The Bertz CT molecular complexity index is 679. The van der Waals surface area contributed by atoms with Crippen LogP contribution < -0.4 is 5.32 Å². The number of nitrogens with one attached hydrogen (secondary N) is 1. The van der Waals surface area contributed by atoms with E-state index in [1.807, 2.05) is 14.0 Å². The molecule has 1 N–H and O–H groups in total. The Kier molecular flexibility index (Phi) is 3.65. The van der Waals surface area contributed by atoms with Gasteiger partial charge in [0.1, 0.15) is 0 Å². The molecule has 0 radical (unpaired) electrons. The van der Waals surface area contributed by atoms with Crippen molar-refractivity contribution in [2.75, 3.05) is 25.5 Å². The number of carbonyl (C=O) groups is 1. The van der Waals surface area contributed by atoms with E-state index in [9.17, 15) is 4.79 Å². The Labute approximate surface area is 125 Å². The number of hydrogen-bond donors (Lipinski definition) is 1. The molecule has 0 fully saturated rings. The lowest BCUT2D eigenvalue weighted by Gasteiger charge is -2.15. The van der Waals surface area contributed by atoms with Gasteiger partial charge < -0.3 is 10.2 Å². The summed E-state index contributed by atoms with van der Waals surface area (Å²) in [5.41, 5.74) is 6.37. The van der Waals surface area contributed by atoms with E-state index in [0.29, 0.717) is 6.54 Å².